The van der Waals surface area contributed by atoms with Crippen LogP contribution in [-0.2, 0) is 0 Å². The maximum absolute atomic E-state index is 10.5. The predicted octanol–water partition coefficient (Wildman–Crippen LogP) is 3.31. The van der Waals surface area contributed by atoms with Gasteiger partial charge in [-0.25, -0.2) is 0 Å². The molecule has 0 N–H and O–H groups in total. The van der Waals surface area contributed by atoms with Crippen LogP contribution < -0.4 is 4.90 Å². The van der Waals surface area contributed by atoms with Gasteiger partial charge in [-0.15, -0.1) is 0 Å². The fourth-order valence-corrected chi connectivity index (χ4v) is 2.23. The number of hydrogen-bond donors (Lipinski definition) is 0. The summed E-state index contributed by atoms with van der Waals surface area (Å²) in [6.45, 7) is 3.74. The van der Waals surface area contributed by atoms with Crippen LogP contribution in [-0.4, -0.2) is 18.0 Å². The minimum atomic E-state index is -0.363. The van der Waals surface area contributed by atoms with E-state index in [4.69, 9.17) is 0 Å². The number of allylic oxidation sites excluding steroid dienone is 1. The first-order valence-corrected chi connectivity index (χ1v) is 6.34. The number of rotatable bonds is 3. The van der Waals surface area contributed by atoms with Crippen molar-refractivity contribution < 1.29 is 4.92 Å². The third-order valence-corrected chi connectivity index (χ3v) is 3.28. The van der Waals surface area contributed by atoms with E-state index < -0.39 is 0 Å². The van der Waals surface area contributed by atoms with Crippen LogP contribution in [0, 0.1) is 10.1 Å². The molecule has 1 aromatic rings. The largest absolute Gasteiger partial charge is 0.372 e. The molecule has 1 fully saturated rings. The van der Waals surface area contributed by atoms with Crippen molar-refractivity contribution in [1.82, 2.24) is 0 Å². The monoisotopic (exact) mass is 246 g/mol. The van der Waals surface area contributed by atoms with E-state index >= 15 is 0 Å². The van der Waals surface area contributed by atoms with E-state index in [-0.39, 0.29) is 10.6 Å². The molecule has 0 saturated carbocycles. The van der Waals surface area contributed by atoms with Crippen molar-refractivity contribution in [3.8, 4) is 0 Å². The van der Waals surface area contributed by atoms with E-state index in [1.54, 1.807) is 6.08 Å². The Kier molecular flexibility index (Phi) is 3.97. The summed E-state index contributed by atoms with van der Waals surface area (Å²) in [5.41, 5.74) is 2.26. The van der Waals surface area contributed by atoms with Gasteiger partial charge in [0.15, 0.2) is 0 Å². The lowest BCUT2D eigenvalue weighted by Crippen LogP contribution is -2.29. The van der Waals surface area contributed by atoms with Crippen molar-refractivity contribution in [3.05, 3.63) is 45.6 Å². The van der Waals surface area contributed by atoms with Gasteiger partial charge in [-0.3, -0.25) is 10.1 Å². The quantitative estimate of drug-likeness (QED) is 0.607. The molecular weight excluding hydrogens is 228 g/mol. The number of hydrogen-bond acceptors (Lipinski definition) is 3. The summed E-state index contributed by atoms with van der Waals surface area (Å²) >= 11 is 0. The Morgan fingerprint density at radius 1 is 1.22 bits per heavy atom. The van der Waals surface area contributed by atoms with Gasteiger partial charge in [-0.2, -0.15) is 0 Å². The zero-order valence-electron chi connectivity index (χ0n) is 10.6. The highest BCUT2D eigenvalue weighted by Gasteiger charge is 2.10. The van der Waals surface area contributed by atoms with Crippen LogP contribution in [0.3, 0.4) is 0 Å². The maximum Gasteiger partial charge on any atom is 0.243 e. The van der Waals surface area contributed by atoms with Gasteiger partial charge in [0.05, 0.1) is 4.92 Å². The van der Waals surface area contributed by atoms with Gasteiger partial charge in [0, 0.05) is 31.8 Å². The van der Waals surface area contributed by atoms with E-state index in [2.05, 4.69) is 4.90 Å². The van der Waals surface area contributed by atoms with E-state index in [0.29, 0.717) is 0 Å². The Balaban J connectivity index is 2.09. The van der Waals surface area contributed by atoms with Crippen LogP contribution in [0.5, 0.6) is 0 Å². The van der Waals surface area contributed by atoms with Crippen LogP contribution in [0.1, 0.15) is 31.7 Å². The highest BCUT2D eigenvalue weighted by atomic mass is 16.6. The lowest BCUT2D eigenvalue weighted by Gasteiger charge is -2.28. The molecule has 1 aliphatic rings. The maximum atomic E-state index is 10.5. The molecular formula is C14H18N2O2. The number of nitrogens with zero attached hydrogens (tertiary/aromatic N) is 2. The molecule has 1 saturated heterocycles. The number of piperidine rings is 1. The Morgan fingerprint density at radius 3 is 2.39 bits per heavy atom. The number of benzene rings is 1. The molecule has 0 spiro atoms. The van der Waals surface area contributed by atoms with Crippen molar-refractivity contribution in [2.45, 2.75) is 26.2 Å². The highest BCUT2D eigenvalue weighted by Crippen LogP contribution is 2.20. The van der Waals surface area contributed by atoms with Gasteiger partial charge in [-0.1, -0.05) is 12.1 Å². The second kappa shape index (κ2) is 5.67. The normalized spacial score (nSPS) is 16.7. The van der Waals surface area contributed by atoms with Crippen molar-refractivity contribution in [2.75, 3.05) is 18.0 Å². The van der Waals surface area contributed by atoms with Crippen LogP contribution >= 0.6 is 0 Å². The average molecular weight is 246 g/mol. The summed E-state index contributed by atoms with van der Waals surface area (Å²) in [4.78, 5) is 12.6. The summed E-state index contributed by atoms with van der Waals surface area (Å²) in [7, 11) is 0. The zero-order valence-corrected chi connectivity index (χ0v) is 10.6. The van der Waals surface area contributed by atoms with E-state index in [1.807, 2.05) is 24.3 Å². The van der Waals surface area contributed by atoms with Crippen molar-refractivity contribution in [3.63, 3.8) is 0 Å². The molecule has 96 valence electrons. The molecule has 1 heterocycles. The fraction of sp³-hybridized carbons (Fsp3) is 0.429. The molecule has 1 aliphatic heterocycles. The average Bonchev–Trinajstić information content (AvgIpc) is 2.40. The van der Waals surface area contributed by atoms with E-state index in [1.165, 1.54) is 31.9 Å². The Morgan fingerprint density at radius 2 is 1.83 bits per heavy atom. The molecule has 4 nitrogen and oxygen atoms in total. The van der Waals surface area contributed by atoms with Crippen LogP contribution in [0.15, 0.2) is 30.0 Å². The summed E-state index contributed by atoms with van der Waals surface area (Å²) in [6.07, 6.45) is 5.42. The third kappa shape index (κ3) is 3.09. The minimum Gasteiger partial charge on any atom is -0.372 e. The van der Waals surface area contributed by atoms with Crippen molar-refractivity contribution in [1.29, 1.82) is 0 Å². The van der Waals surface area contributed by atoms with Gasteiger partial charge in [-0.05, 0) is 37.0 Å². The van der Waals surface area contributed by atoms with Gasteiger partial charge in [0.2, 0.25) is 5.70 Å². The van der Waals surface area contributed by atoms with E-state index in [9.17, 15) is 10.1 Å². The molecule has 0 bridgehead atoms. The molecule has 0 radical (unpaired) electrons. The lowest BCUT2D eigenvalue weighted by molar-refractivity contribution is -0.422. The van der Waals surface area contributed by atoms with Crippen LogP contribution in [0.2, 0.25) is 0 Å². The first-order chi connectivity index (χ1) is 8.66. The first kappa shape index (κ1) is 12.6. The Labute approximate surface area is 107 Å². The fourth-order valence-electron chi connectivity index (χ4n) is 2.23. The molecule has 0 amide bonds. The SMILES string of the molecule is C/C(=C\c1ccc(N2CCCCC2)cc1)[N+](=O)[O-]. The molecule has 0 atom stereocenters. The second-order valence-electron chi connectivity index (χ2n) is 4.68. The van der Waals surface area contributed by atoms with Crippen molar-refractivity contribution >= 4 is 11.8 Å². The van der Waals surface area contributed by atoms with E-state index in [0.717, 1.165) is 18.7 Å². The number of nitro groups is 1. The van der Waals surface area contributed by atoms with Crippen LogP contribution in [0.25, 0.3) is 6.08 Å². The summed E-state index contributed by atoms with van der Waals surface area (Å²) in [6, 6.07) is 7.97. The topological polar surface area (TPSA) is 46.4 Å². The molecule has 0 aromatic heterocycles. The summed E-state index contributed by atoms with van der Waals surface area (Å²) < 4.78 is 0. The third-order valence-electron chi connectivity index (χ3n) is 3.28. The molecule has 0 aliphatic carbocycles. The predicted molar refractivity (Wildman–Crippen MR) is 73.2 cm³/mol. The minimum absolute atomic E-state index is 0.167. The lowest BCUT2D eigenvalue weighted by atomic mass is 10.1. The zero-order chi connectivity index (χ0) is 13.0. The summed E-state index contributed by atoms with van der Waals surface area (Å²) in [5.74, 6) is 0. The molecule has 2 rings (SSSR count). The molecule has 0 unspecified atom stereocenters. The highest BCUT2D eigenvalue weighted by molar-refractivity contribution is 5.56. The molecule has 1 aromatic carbocycles. The smallest absolute Gasteiger partial charge is 0.243 e. The number of anilines is 1. The van der Waals surface area contributed by atoms with Gasteiger partial charge in [0.25, 0.3) is 0 Å². The summed E-state index contributed by atoms with van der Waals surface area (Å²) in [5, 5.41) is 10.5. The van der Waals surface area contributed by atoms with Gasteiger partial charge >= 0.3 is 0 Å². The Bertz CT molecular complexity index is 445. The first-order valence-electron chi connectivity index (χ1n) is 6.34. The Hall–Kier alpha value is -1.84. The van der Waals surface area contributed by atoms with Crippen LogP contribution in [0.4, 0.5) is 5.69 Å². The second-order valence-corrected chi connectivity index (χ2v) is 4.68. The molecule has 4 heteroatoms. The standard InChI is InChI=1S/C14H18N2O2/c1-12(16(17)18)11-13-5-7-14(8-6-13)15-9-3-2-4-10-15/h5-8,11H,2-4,9-10H2,1H3/b12-11+. The van der Waals surface area contributed by atoms with Gasteiger partial charge < -0.3 is 4.90 Å². The van der Waals surface area contributed by atoms with Crippen molar-refractivity contribution in [2.24, 2.45) is 0 Å². The van der Waals surface area contributed by atoms with Gasteiger partial charge in [0.1, 0.15) is 0 Å². The molecule has 18 heavy (non-hydrogen) atoms.